The first kappa shape index (κ1) is 38.4. The molecule has 0 aromatic carbocycles. The summed E-state index contributed by atoms with van der Waals surface area (Å²) in [6.45, 7) is 4.07. The fourth-order valence-corrected chi connectivity index (χ4v) is 7.32. The van der Waals surface area contributed by atoms with Crippen molar-refractivity contribution < 1.29 is 39.4 Å². The average Bonchev–Trinajstić information content (AvgIpc) is 3.73. The van der Waals surface area contributed by atoms with Gasteiger partial charge in [0.2, 0.25) is 0 Å². The Balaban J connectivity index is 1.16. The standard InChI is InChI=1S/C37H66O8/c1-3-4-5-6-7-11-14-17-20-30(39)33-22-23-34(44-33)35-26-32(41)36(45-35)31(40)21-18-15-12-9-8-10-13-16-19-29(38)25-28-24-27(2)43-37(28)42/h24,27,29-36,38-41H,3-23,25-26H2,1-2H3/t27-,29+,30+,31+,32+,33+,34+,35+,36-/m0/s1. The molecule has 0 amide bonds. The zero-order valence-electron chi connectivity index (χ0n) is 28.5. The van der Waals surface area contributed by atoms with Crippen molar-refractivity contribution in [3.63, 3.8) is 0 Å². The van der Waals surface area contributed by atoms with Gasteiger partial charge in [-0.05, 0) is 45.1 Å². The van der Waals surface area contributed by atoms with Crippen LogP contribution in [0.15, 0.2) is 11.6 Å². The van der Waals surface area contributed by atoms with E-state index in [0.29, 0.717) is 31.3 Å². The molecule has 3 aliphatic heterocycles. The fourth-order valence-electron chi connectivity index (χ4n) is 7.32. The minimum Gasteiger partial charge on any atom is -0.455 e. The van der Waals surface area contributed by atoms with E-state index in [9.17, 15) is 25.2 Å². The van der Waals surface area contributed by atoms with Gasteiger partial charge in [0.05, 0.1) is 42.7 Å². The molecule has 0 radical (unpaired) electrons. The third-order valence-electron chi connectivity index (χ3n) is 10.1. The summed E-state index contributed by atoms with van der Waals surface area (Å²) in [6.07, 6.45) is 21.5. The number of cyclic esters (lactones) is 1. The van der Waals surface area contributed by atoms with E-state index >= 15 is 0 Å². The van der Waals surface area contributed by atoms with Crippen LogP contribution in [-0.4, -0.2) is 81.3 Å². The summed E-state index contributed by atoms with van der Waals surface area (Å²) in [5.74, 6) is -0.293. The molecule has 4 N–H and O–H groups in total. The van der Waals surface area contributed by atoms with Gasteiger partial charge in [0, 0.05) is 18.4 Å². The first-order valence-corrected chi connectivity index (χ1v) is 18.7. The predicted octanol–water partition coefficient (Wildman–Crippen LogP) is 6.83. The molecule has 2 saturated heterocycles. The van der Waals surface area contributed by atoms with Crippen LogP contribution in [-0.2, 0) is 19.0 Å². The number of rotatable bonds is 25. The molecule has 0 aromatic rings. The van der Waals surface area contributed by atoms with Gasteiger partial charge in [-0.2, -0.15) is 0 Å². The van der Waals surface area contributed by atoms with Crippen molar-refractivity contribution in [1.29, 1.82) is 0 Å². The van der Waals surface area contributed by atoms with Crippen molar-refractivity contribution in [3.05, 3.63) is 11.6 Å². The number of ether oxygens (including phenoxy) is 3. The minimum absolute atomic E-state index is 0.120. The Hall–Kier alpha value is -1.03. The highest BCUT2D eigenvalue weighted by molar-refractivity contribution is 5.90. The molecule has 3 rings (SSSR count). The van der Waals surface area contributed by atoms with Gasteiger partial charge < -0.3 is 34.6 Å². The smallest absolute Gasteiger partial charge is 0.334 e. The largest absolute Gasteiger partial charge is 0.455 e. The zero-order chi connectivity index (χ0) is 32.4. The molecule has 45 heavy (non-hydrogen) atoms. The van der Waals surface area contributed by atoms with Gasteiger partial charge in [0.15, 0.2) is 0 Å². The molecule has 3 heterocycles. The lowest BCUT2D eigenvalue weighted by atomic mass is 9.98. The summed E-state index contributed by atoms with van der Waals surface area (Å²) < 4.78 is 17.4. The lowest BCUT2D eigenvalue weighted by molar-refractivity contribution is -0.139. The highest BCUT2D eigenvalue weighted by Gasteiger charge is 2.45. The van der Waals surface area contributed by atoms with Crippen molar-refractivity contribution in [2.75, 3.05) is 0 Å². The van der Waals surface area contributed by atoms with Crippen LogP contribution in [0.1, 0.15) is 162 Å². The Morgan fingerprint density at radius 2 is 1.29 bits per heavy atom. The second-order valence-corrected chi connectivity index (χ2v) is 14.2. The van der Waals surface area contributed by atoms with Gasteiger partial charge in [0.25, 0.3) is 0 Å². The highest BCUT2D eigenvalue weighted by Crippen LogP contribution is 2.35. The quantitative estimate of drug-likeness (QED) is 0.0634. The first-order valence-electron chi connectivity index (χ1n) is 18.7. The van der Waals surface area contributed by atoms with Crippen molar-refractivity contribution in [2.24, 2.45) is 0 Å². The Kier molecular flexibility index (Phi) is 18.6. The maximum absolute atomic E-state index is 11.7. The minimum atomic E-state index is -0.680. The molecule has 8 nitrogen and oxygen atoms in total. The summed E-state index contributed by atoms with van der Waals surface area (Å²) >= 11 is 0. The van der Waals surface area contributed by atoms with E-state index in [1.165, 1.54) is 44.9 Å². The summed E-state index contributed by atoms with van der Waals surface area (Å²) in [5, 5.41) is 42.3. The lowest BCUT2D eigenvalue weighted by Crippen LogP contribution is -2.35. The van der Waals surface area contributed by atoms with Gasteiger partial charge in [-0.1, -0.05) is 110 Å². The average molecular weight is 639 g/mol. The Labute approximate surface area is 273 Å². The Morgan fingerprint density at radius 3 is 1.87 bits per heavy atom. The molecule has 0 saturated carbocycles. The van der Waals surface area contributed by atoms with Crippen molar-refractivity contribution in [1.82, 2.24) is 0 Å². The third-order valence-corrected chi connectivity index (χ3v) is 10.1. The molecule has 8 heteroatoms. The van der Waals surface area contributed by atoms with Gasteiger partial charge in [-0.25, -0.2) is 4.79 Å². The molecular weight excluding hydrogens is 572 g/mol. The van der Waals surface area contributed by atoms with Gasteiger partial charge in [0.1, 0.15) is 12.2 Å². The van der Waals surface area contributed by atoms with Crippen LogP contribution in [0.2, 0.25) is 0 Å². The maximum atomic E-state index is 11.7. The fraction of sp³-hybridized carbons (Fsp3) is 0.919. The molecule has 3 aliphatic rings. The third kappa shape index (κ3) is 14.3. The number of aliphatic hydroxyl groups is 4. The topological polar surface area (TPSA) is 126 Å². The molecule has 262 valence electrons. The van der Waals surface area contributed by atoms with Crippen LogP contribution in [0, 0.1) is 0 Å². The Bertz CT molecular complexity index is 833. The molecule has 0 aliphatic carbocycles. The molecular formula is C37H66O8. The second-order valence-electron chi connectivity index (χ2n) is 14.2. The van der Waals surface area contributed by atoms with E-state index in [4.69, 9.17) is 14.2 Å². The normalized spacial score (nSPS) is 28.8. The predicted molar refractivity (Wildman–Crippen MR) is 177 cm³/mol. The highest BCUT2D eigenvalue weighted by atomic mass is 16.6. The molecule has 0 spiro atoms. The number of carbonyl (C=O) groups is 1. The monoisotopic (exact) mass is 638 g/mol. The lowest BCUT2D eigenvalue weighted by Gasteiger charge is -2.24. The maximum Gasteiger partial charge on any atom is 0.334 e. The first-order chi connectivity index (χ1) is 21.8. The summed E-state index contributed by atoms with van der Waals surface area (Å²) in [5.41, 5.74) is 0.602. The molecule has 0 unspecified atom stereocenters. The summed E-state index contributed by atoms with van der Waals surface area (Å²) in [7, 11) is 0. The van der Waals surface area contributed by atoms with E-state index in [-0.39, 0.29) is 30.4 Å². The van der Waals surface area contributed by atoms with Crippen LogP contribution in [0.3, 0.4) is 0 Å². The number of hydrogen-bond acceptors (Lipinski definition) is 8. The van der Waals surface area contributed by atoms with Crippen LogP contribution >= 0.6 is 0 Å². The van der Waals surface area contributed by atoms with Crippen LogP contribution < -0.4 is 0 Å². The van der Waals surface area contributed by atoms with Crippen LogP contribution in [0.5, 0.6) is 0 Å². The number of carbonyl (C=O) groups excluding carboxylic acids is 1. The zero-order valence-corrected chi connectivity index (χ0v) is 28.5. The number of aliphatic hydroxyl groups excluding tert-OH is 4. The van der Waals surface area contributed by atoms with E-state index in [1.54, 1.807) is 6.08 Å². The number of hydrogen-bond donors (Lipinski definition) is 4. The van der Waals surface area contributed by atoms with Gasteiger partial charge in [-0.15, -0.1) is 0 Å². The van der Waals surface area contributed by atoms with Crippen LogP contribution in [0.25, 0.3) is 0 Å². The van der Waals surface area contributed by atoms with Crippen LogP contribution in [0.4, 0.5) is 0 Å². The number of unbranched alkanes of at least 4 members (excludes halogenated alkanes) is 14. The SMILES string of the molecule is CCCCCCCCCC[C@@H](O)[C@H]1CC[C@H]([C@H]2C[C@@H](O)[C@H]([C@H](O)CCCCCCCCCC[C@@H](O)CC3=C[C@H](C)OC3=O)O2)O1. The van der Waals surface area contributed by atoms with E-state index in [0.717, 1.165) is 77.0 Å². The number of esters is 1. The van der Waals surface area contributed by atoms with E-state index in [2.05, 4.69) is 6.92 Å². The van der Waals surface area contributed by atoms with E-state index in [1.807, 2.05) is 6.92 Å². The van der Waals surface area contributed by atoms with Gasteiger partial charge >= 0.3 is 5.97 Å². The summed E-state index contributed by atoms with van der Waals surface area (Å²) in [4.78, 5) is 11.7. The van der Waals surface area contributed by atoms with Crippen molar-refractivity contribution in [3.8, 4) is 0 Å². The Morgan fingerprint density at radius 1 is 0.733 bits per heavy atom. The van der Waals surface area contributed by atoms with Crippen molar-refractivity contribution in [2.45, 2.75) is 216 Å². The molecule has 0 bridgehead atoms. The molecule has 2 fully saturated rings. The second kappa shape index (κ2) is 21.8. The van der Waals surface area contributed by atoms with Gasteiger partial charge in [-0.3, -0.25) is 0 Å². The molecule has 9 atom stereocenters. The molecule has 0 aromatic heterocycles. The summed E-state index contributed by atoms with van der Waals surface area (Å²) in [6, 6.07) is 0. The van der Waals surface area contributed by atoms with Crippen molar-refractivity contribution >= 4 is 5.97 Å². The van der Waals surface area contributed by atoms with E-state index < -0.39 is 30.5 Å².